The zero-order chi connectivity index (χ0) is 12.1. The highest BCUT2D eigenvalue weighted by Crippen LogP contribution is 2.28. The first kappa shape index (κ1) is 13.1. The van der Waals surface area contributed by atoms with Crippen LogP contribution in [-0.2, 0) is 0 Å². The molecule has 1 atom stereocenters. The Morgan fingerprint density at radius 2 is 2.12 bits per heavy atom. The predicted molar refractivity (Wildman–Crippen MR) is 72.1 cm³/mol. The standard InChI is InChI=1S/C12H20ClN3/c1-9(7-8-16(2)3)15-12-10(13)5-4-6-11(12)14/h4-6,9,15H,7-8,14H2,1-3H3. The Hall–Kier alpha value is -0.930. The van der Waals surface area contributed by atoms with Crippen LogP contribution in [-0.4, -0.2) is 31.6 Å². The number of para-hydroxylation sites is 1. The van der Waals surface area contributed by atoms with E-state index >= 15 is 0 Å². The summed E-state index contributed by atoms with van der Waals surface area (Å²) in [6.07, 6.45) is 1.05. The number of nitrogens with zero attached hydrogens (tertiary/aromatic N) is 1. The van der Waals surface area contributed by atoms with Gasteiger partial charge in [0, 0.05) is 6.04 Å². The van der Waals surface area contributed by atoms with Crippen LogP contribution in [0.25, 0.3) is 0 Å². The molecule has 1 aromatic carbocycles. The van der Waals surface area contributed by atoms with Gasteiger partial charge in [0.15, 0.2) is 0 Å². The van der Waals surface area contributed by atoms with E-state index in [0.29, 0.717) is 16.8 Å². The van der Waals surface area contributed by atoms with Crippen molar-refractivity contribution in [3.63, 3.8) is 0 Å². The highest BCUT2D eigenvalue weighted by Gasteiger charge is 2.08. The van der Waals surface area contributed by atoms with Crippen molar-refractivity contribution in [1.82, 2.24) is 4.90 Å². The normalized spacial score (nSPS) is 12.8. The molecular weight excluding hydrogens is 222 g/mol. The van der Waals surface area contributed by atoms with Crippen molar-refractivity contribution in [3.05, 3.63) is 23.2 Å². The number of rotatable bonds is 5. The molecule has 0 saturated heterocycles. The van der Waals surface area contributed by atoms with Gasteiger partial charge in [-0.1, -0.05) is 17.7 Å². The summed E-state index contributed by atoms with van der Waals surface area (Å²) in [4.78, 5) is 2.16. The van der Waals surface area contributed by atoms with Crippen molar-refractivity contribution in [2.45, 2.75) is 19.4 Å². The first-order chi connectivity index (χ1) is 7.50. The third kappa shape index (κ3) is 3.91. The summed E-state index contributed by atoms with van der Waals surface area (Å²) in [5.41, 5.74) is 7.41. The Morgan fingerprint density at radius 3 is 2.69 bits per heavy atom. The van der Waals surface area contributed by atoms with Crippen LogP contribution >= 0.6 is 11.6 Å². The Labute approximate surface area is 103 Å². The van der Waals surface area contributed by atoms with E-state index in [9.17, 15) is 0 Å². The van der Waals surface area contributed by atoms with Crippen LogP contribution in [0.3, 0.4) is 0 Å². The molecule has 0 aliphatic carbocycles. The second kappa shape index (κ2) is 5.97. The monoisotopic (exact) mass is 241 g/mol. The van der Waals surface area contributed by atoms with Gasteiger partial charge in [0.25, 0.3) is 0 Å². The molecule has 0 fully saturated rings. The van der Waals surface area contributed by atoms with Gasteiger partial charge in [0.05, 0.1) is 16.4 Å². The maximum atomic E-state index is 6.08. The predicted octanol–water partition coefficient (Wildman–Crippen LogP) is 2.67. The molecule has 0 aromatic heterocycles. The Morgan fingerprint density at radius 1 is 1.44 bits per heavy atom. The van der Waals surface area contributed by atoms with Gasteiger partial charge in [0.2, 0.25) is 0 Å². The lowest BCUT2D eigenvalue weighted by Gasteiger charge is -2.19. The molecule has 3 N–H and O–H groups in total. The van der Waals surface area contributed by atoms with Gasteiger partial charge in [-0.25, -0.2) is 0 Å². The molecule has 0 radical (unpaired) electrons. The molecule has 0 amide bonds. The van der Waals surface area contributed by atoms with Crippen LogP contribution < -0.4 is 11.1 Å². The van der Waals surface area contributed by atoms with E-state index < -0.39 is 0 Å². The highest BCUT2D eigenvalue weighted by molar-refractivity contribution is 6.33. The van der Waals surface area contributed by atoms with E-state index in [1.807, 2.05) is 18.2 Å². The molecule has 0 spiro atoms. The number of nitrogens with two attached hydrogens (primary N) is 1. The quantitative estimate of drug-likeness (QED) is 0.779. The fourth-order valence-corrected chi connectivity index (χ4v) is 1.70. The van der Waals surface area contributed by atoms with E-state index in [1.165, 1.54) is 0 Å². The van der Waals surface area contributed by atoms with Crippen molar-refractivity contribution < 1.29 is 0 Å². The second-order valence-corrected chi connectivity index (χ2v) is 4.75. The van der Waals surface area contributed by atoms with Crippen molar-refractivity contribution >= 4 is 23.0 Å². The fourth-order valence-electron chi connectivity index (χ4n) is 1.46. The number of benzene rings is 1. The van der Waals surface area contributed by atoms with E-state index in [1.54, 1.807) is 0 Å². The molecule has 0 aliphatic rings. The van der Waals surface area contributed by atoms with Crippen LogP contribution in [0.2, 0.25) is 5.02 Å². The molecular formula is C12H20ClN3. The van der Waals surface area contributed by atoms with Gasteiger partial charge in [-0.15, -0.1) is 0 Å². The Balaban J connectivity index is 2.59. The summed E-state index contributed by atoms with van der Waals surface area (Å²) >= 11 is 6.08. The van der Waals surface area contributed by atoms with E-state index in [-0.39, 0.29) is 0 Å². The summed E-state index contributed by atoms with van der Waals surface area (Å²) in [6, 6.07) is 5.91. The van der Waals surface area contributed by atoms with Crippen LogP contribution in [0, 0.1) is 0 Å². The van der Waals surface area contributed by atoms with Gasteiger partial charge < -0.3 is 16.0 Å². The molecule has 0 aliphatic heterocycles. The molecule has 16 heavy (non-hydrogen) atoms. The molecule has 90 valence electrons. The molecule has 3 nitrogen and oxygen atoms in total. The summed E-state index contributed by atoms with van der Waals surface area (Å²) < 4.78 is 0. The van der Waals surface area contributed by atoms with E-state index in [0.717, 1.165) is 18.7 Å². The minimum atomic E-state index is 0.351. The lowest BCUT2D eigenvalue weighted by Crippen LogP contribution is -2.23. The average molecular weight is 242 g/mol. The number of hydrogen-bond acceptors (Lipinski definition) is 3. The Bertz CT molecular complexity index is 319. The maximum absolute atomic E-state index is 6.08. The smallest absolute Gasteiger partial charge is 0.0765 e. The molecule has 1 aromatic rings. The minimum Gasteiger partial charge on any atom is -0.397 e. The third-order valence-electron chi connectivity index (χ3n) is 2.45. The first-order valence-electron chi connectivity index (χ1n) is 5.46. The molecule has 1 rings (SSSR count). The van der Waals surface area contributed by atoms with Crippen molar-refractivity contribution in [3.8, 4) is 0 Å². The second-order valence-electron chi connectivity index (χ2n) is 4.34. The molecule has 0 saturated carbocycles. The maximum Gasteiger partial charge on any atom is 0.0765 e. The largest absolute Gasteiger partial charge is 0.397 e. The Kier molecular flexibility index (Phi) is 4.90. The van der Waals surface area contributed by atoms with E-state index in [2.05, 4.69) is 31.2 Å². The van der Waals surface area contributed by atoms with E-state index in [4.69, 9.17) is 17.3 Å². The number of hydrogen-bond donors (Lipinski definition) is 2. The van der Waals surface area contributed by atoms with Crippen LogP contribution in [0.4, 0.5) is 11.4 Å². The third-order valence-corrected chi connectivity index (χ3v) is 2.76. The zero-order valence-electron chi connectivity index (χ0n) is 10.1. The summed E-state index contributed by atoms with van der Waals surface area (Å²) in [5, 5.41) is 4.03. The first-order valence-corrected chi connectivity index (χ1v) is 5.83. The van der Waals surface area contributed by atoms with Gasteiger partial charge in [-0.05, 0) is 46.1 Å². The van der Waals surface area contributed by atoms with Crippen LogP contribution in [0.5, 0.6) is 0 Å². The summed E-state index contributed by atoms with van der Waals surface area (Å²) in [7, 11) is 4.13. The van der Waals surface area contributed by atoms with Gasteiger partial charge >= 0.3 is 0 Å². The number of nitrogen functional groups attached to an aromatic ring is 1. The molecule has 1 unspecified atom stereocenters. The fraction of sp³-hybridized carbons (Fsp3) is 0.500. The SMILES string of the molecule is CC(CCN(C)C)Nc1c(N)cccc1Cl. The topological polar surface area (TPSA) is 41.3 Å². The van der Waals surface area contributed by atoms with Crippen molar-refractivity contribution in [2.75, 3.05) is 31.7 Å². The lowest BCUT2D eigenvalue weighted by molar-refractivity contribution is 0.390. The average Bonchev–Trinajstić information content (AvgIpc) is 2.21. The van der Waals surface area contributed by atoms with Crippen molar-refractivity contribution in [1.29, 1.82) is 0 Å². The molecule has 0 bridgehead atoms. The number of halogens is 1. The highest BCUT2D eigenvalue weighted by atomic mass is 35.5. The summed E-state index contributed by atoms with van der Waals surface area (Å²) in [6.45, 7) is 3.17. The number of nitrogens with one attached hydrogen (secondary N) is 1. The van der Waals surface area contributed by atoms with Crippen LogP contribution in [0.1, 0.15) is 13.3 Å². The zero-order valence-corrected chi connectivity index (χ0v) is 10.9. The summed E-state index contributed by atoms with van der Waals surface area (Å²) in [5.74, 6) is 0. The van der Waals surface area contributed by atoms with Crippen LogP contribution in [0.15, 0.2) is 18.2 Å². The number of anilines is 2. The lowest BCUT2D eigenvalue weighted by atomic mass is 10.2. The van der Waals surface area contributed by atoms with Gasteiger partial charge in [-0.3, -0.25) is 0 Å². The van der Waals surface area contributed by atoms with Crippen molar-refractivity contribution in [2.24, 2.45) is 0 Å². The minimum absolute atomic E-state index is 0.351. The van der Waals surface area contributed by atoms with Gasteiger partial charge in [-0.2, -0.15) is 0 Å². The van der Waals surface area contributed by atoms with Gasteiger partial charge in [0.1, 0.15) is 0 Å². The molecule has 0 heterocycles. The molecule has 4 heteroatoms.